The minimum Gasteiger partial charge on any atom is -0.378 e. The second-order valence-electron chi connectivity index (χ2n) is 5.10. The van der Waals surface area contributed by atoms with Crippen LogP contribution in [-0.4, -0.2) is 37.1 Å². The number of ether oxygens (including phenoxy) is 1. The third kappa shape index (κ3) is 2.09. The minimum absolute atomic E-state index is 0.0584. The number of hydrogen-bond acceptors (Lipinski definition) is 3. The van der Waals surface area contributed by atoms with Gasteiger partial charge in [0, 0.05) is 29.0 Å². The predicted molar refractivity (Wildman–Crippen MR) is 81.1 cm³/mol. The fraction of sp³-hybridized carbons (Fsp3) is 0.400. The van der Waals surface area contributed by atoms with Crippen LogP contribution in [0.15, 0.2) is 12.1 Å². The van der Waals surface area contributed by atoms with Crippen molar-refractivity contribution in [2.75, 3.05) is 31.2 Å². The molecule has 1 fully saturated rings. The average molecular weight is 293 g/mol. The summed E-state index contributed by atoms with van der Waals surface area (Å²) in [5.41, 5.74) is 2.64. The molecule has 0 unspecified atom stereocenters. The number of nitrogens with one attached hydrogen (secondary N) is 1. The Labute approximate surface area is 122 Å². The Morgan fingerprint density at radius 2 is 2.05 bits per heavy atom. The Morgan fingerprint density at radius 1 is 1.35 bits per heavy atom. The molecular formula is C15H17ClN2O2. The molecule has 5 heteroatoms. The van der Waals surface area contributed by atoms with Gasteiger partial charge in [-0.1, -0.05) is 11.6 Å². The van der Waals surface area contributed by atoms with Crippen LogP contribution >= 0.6 is 11.6 Å². The normalized spacial score (nSPS) is 15.8. The van der Waals surface area contributed by atoms with E-state index < -0.39 is 0 Å². The number of morpholine rings is 1. The van der Waals surface area contributed by atoms with Crippen LogP contribution in [0.1, 0.15) is 22.8 Å². The third-order valence-corrected chi connectivity index (χ3v) is 4.23. The monoisotopic (exact) mass is 292 g/mol. The number of aromatic nitrogens is 1. The van der Waals surface area contributed by atoms with Crippen LogP contribution in [-0.2, 0) is 4.74 Å². The van der Waals surface area contributed by atoms with Crippen molar-refractivity contribution in [2.45, 2.75) is 13.8 Å². The summed E-state index contributed by atoms with van der Waals surface area (Å²) in [5.74, 6) is 0.948. The van der Waals surface area contributed by atoms with E-state index in [4.69, 9.17) is 16.3 Å². The van der Waals surface area contributed by atoms with Crippen LogP contribution in [0.3, 0.4) is 0 Å². The summed E-state index contributed by atoms with van der Waals surface area (Å²) in [7, 11) is 0. The molecule has 0 aliphatic carbocycles. The number of hydrogen-bond donors (Lipinski definition) is 1. The van der Waals surface area contributed by atoms with Crippen molar-refractivity contribution < 1.29 is 9.53 Å². The molecule has 0 saturated carbocycles. The topological polar surface area (TPSA) is 45.3 Å². The van der Waals surface area contributed by atoms with E-state index in [2.05, 4.69) is 9.88 Å². The van der Waals surface area contributed by atoms with Gasteiger partial charge in [0.2, 0.25) is 0 Å². The molecule has 0 spiro atoms. The SMILES string of the molecule is CC(=O)c1c(N2CCOCC2)[nH]c2ccc(Cl)c(C)c12. The van der Waals surface area contributed by atoms with Crippen molar-refractivity contribution >= 4 is 34.1 Å². The maximum atomic E-state index is 12.1. The standard InChI is InChI=1S/C15H17ClN2O2/c1-9-11(16)3-4-12-13(9)14(10(2)19)15(17-12)18-5-7-20-8-6-18/h3-4,17H,5-8H2,1-2H3. The maximum Gasteiger partial charge on any atom is 0.164 e. The number of aromatic amines is 1. The van der Waals surface area contributed by atoms with Crippen LogP contribution in [0.5, 0.6) is 0 Å². The van der Waals surface area contributed by atoms with E-state index in [0.29, 0.717) is 18.2 Å². The molecule has 0 bridgehead atoms. The van der Waals surface area contributed by atoms with Gasteiger partial charge >= 0.3 is 0 Å². The number of carbonyl (C=O) groups is 1. The van der Waals surface area contributed by atoms with Crippen molar-refractivity contribution in [3.63, 3.8) is 0 Å². The first-order valence-electron chi connectivity index (χ1n) is 6.74. The first kappa shape index (κ1) is 13.5. The summed E-state index contributed by atoms with van der Waals surface area (Å²) in [6, 6.07) is 3.80. The van der Waals surface area contributed by atoms with E-state index >= 15 is 0 Å². The summed E-state index contributed by atoms with van der Waals surface area (Å²) < 4.78 is 5.38. The molecule has 3 rings (SSSR count). The number of carbonyl (C=O) groups excluding carboxylic acids is 1. The second kappa shape index (κ2) is 5.11. The van der Waals surface area contributed by atoms with Crippen molar-refractivity contribution in [1.82, 2.24) is 4.98 Å². The maximum absolute atomic E-state index is 12.1. The Bertz CT molecular complexity index is 672. The first-order valence-corrected chi connectivity index (χ1v) is 7.12. The Balaban J connectivity index is 2.23. The number of aryl methyl sites for hydroxylation is 1. The number of H-pyrrole nitrogens is 1. The number of anilines is 1. The number of halogens is 1. The van der Waals surface area contributed by atoms with Gasteiger partial charge in [0.25, 0.3) is 0 Å². The quantitative estimate of drug-likeness (QED) is 0.865. The number of rotatable bonds is 2. The van der Waals surface area contributed by atoms with Crippen LogP contribution in [0, 0.1) is 6.92 Å². The number of benzene rings is 1. The van der Waals surface area contributed by atoms with Gasteiger partial charge in [0.1, 0.15) is 5.82 Å². The van der Waals surface area contributed by atoms with Crippen LogP contribution in [0.4, 0.5) is 5.82 Å². The van der Waals surface area contributed by atoms with Gasteiger partial charge < -0.3 is 14.6 Å². The predicted octanol–water partition coefficient (Wildman–Crippen LogP) is 3.17. The highest BCUT2D eigenvalue weighted by Crippen LogP contribution is 2.34. The number of Topliss-reactive ketones (excluding diaryl/α,β-unsaturated/α-hetero) is 1. The molecule has 4 nitrogen and oxygen atoms in total. The molecule has 20 heavy (non-hydrogen) atoms. The zero-order valence-electron chi connectivity index (χ0n) is 11.6. The molecule has 0 amide bonds. The van der Waals surface area contributed by atoms with Gasteiger partial charge in [0.05, 0.1) is 18.8 Å². The zero-order chi connectivity index (χ0) is 14.3. The molecule has 1 aliphatic heterocycles. The Morgan fingerprint density at radius 3 is 2.70 bits per heavy atom. The molecule has 2 heterocycles. The van der Waals surface area contributed by atoms with Gasteiger partial charge in [-0.2, -0.15) is 0 Å². The molecule has 106 valence electrons. The number of nitrogens with zero attached hydrogens (tertiary/aromatic N) is 1. The molecule has 1 aliphatic rings. The van der Waals surface area contributed by atoms with Gasteiger partial charge in [-0.15, -0.1) is 0 Å². The largest absolute Gasteiger partial charge is 0.378 e. The van der Waals surface area contributed by atoms with E-state index in [-0.39, 0.29) is 5.78 Å². The van der Waals surface area contributed by atoms with Crippen molar-refractivity contribution in [3.05, 3.63) is 28.3 Å². The van der Waals surface area contributed by atoms with E-state index in [9.17, 15) is 4.79 Å². The third-order valence-electron chi connectivity index (χ3n) is 3.82. The Hall–Kier alpha value is -1.52. The number of fused-ring (bicyclic) bond motifs is 1. The highest BCUT2D eigenvalue weighted by Gasteiger charge is 2.23. The molecule has 1 aromatic carbocycles. The van der Waals surface area contributed by atoms with Crippen molar-refractivity contribution in [2.24, 2.45) is 0 Å². The van der Waals surface area contributed by atoms with Gasteiger partial charge in [-0.25, -0.2) is 0 Å². The zero-order valence-corrected chi connectivity index (χ0v) is 12.4. The fourth-order valence-corrected chi connectivity index (χ4v) is 2.95. The highest BCUT2D eigenvalue weighted by molar-refractivity contribution is 6.32. The second-order valence-corrected chi connectivity index (χ2v) is 5.51. The van der Waals surface area contributed by atoms with E-state index in [1.54, 1.807) is 6.92 Å². The summed E-state index contributed by atoms with van der Waals surface area (Å²) in [6.07, 6.45) is 0. The molecule has 0 radical (unpaired) electrons. The molecular weight excluding hydrogens is 276 g/mol. The fourth-order valence-electron chi connectivity index (χ4n) is 2.79. The average Bonchev–Trinajstić information content (AvgIpc) is 2.84. The van der Waals surface area contributed by atoms with E-state index in [1.807, 2.05) is 19.1 Å². The molecule has 2 aromatic rings. The smallest absolute Gasteiger partial charge is 0.164 e. The van der Waals surface area contributed by atoms with E-state index in [1.165, 1.54) is 0 Å². The Kier molecular flexibility index (Phi) is 3.44. The van der Waals surface area contributed by atoms with Crippen LogP contribution < -0.4 is 4.90 Å². The first-order chi connectivity index (χ1) is 9.59. The minimum atomic E-state index is 0.0584. The summed E-state index contributed by atoms with van der Waals surface area (Å²) in [6.45, 7) is 6.51. The highest BCUT2D eigenvalue weighted by atomic mass is 35.5. The lowest BCUT2D eigenvalue weighted by atomic mass is 10.0. The molecule has 1 aromatic heterocycles. The van der Waals surface area contributed by atoms with Gasteiger partial charge in [-0.3, -0.25) is 4.79 Å². The molecule has 1 N–H and O–H groups in total. The lowest BCUT2D eigenvalue weighted by Crippen LogP contribution is -2.37. The van der Waals surface area contributed by atoms with Gasteiger partial charge in [-0.05, 0) is 31.5 Å². The summed E-state index contributed by atoms with van der Waals surface area (Å²) >= 11 is 6.20. The molecule has 1 saturated heterocycles. The van der Waals surface area contributed by atoms with Crippen molar-refractivity contribution in [3.8, 4) is 0 Å². The summed E-state index contributed by atoms with van der Waals surface area (Å²) in [4.78, 5) is 17.7. The summed E-state index contributed by atoms with van der Waals surface area (Å²) in [5, 5.41) is 1.62. The molecule has 0 atom stereocenters. The van der Waals surface area contributed by atoms with Gasteiger partial charge in [0.15, 0.2) is 5.78 Å². The lowest BCUT2D eigenvalue weighted by Gasteiger charge is -2.28. The lowest BCUT2D eigenvalue weighted by molar-refractivity contribution is 0.101. The van der Waals surface area contributed by atoms with Crippen molar-refractivity contribution in [1.29, 1.82) is 0 Å². The van der Waals surface area contributed by atoms with Crippen LogP contribution in [0.2, 0.25) is 5.02 Å². The van der Waals surface area contributed by atoms with E-state index in [0.717, 1.165) is 40.9 Å². The van der Waals surface area contributed by atoms with Crippen LogP contribution in [0.25, 0.3) is 10.9 Å². The number of ketones is 1.